The SMILES string of the molecule is C[C@@H]1CCC[C@H](C)N1C[C@@H](O)CN.C[C@@H]1CCC[C@H](C)N1C[C@@H](O)CNS(=O)(=O)c1cc(C(F)(F)F)cc2ncccc12. The summed E-state index contributed by atoms with van der Waals surface area (Å²) in [6, 6.07) is 6.05. The number of piperidine rings is 2. The number of nitrogens with zero attached hydrogens (tertiary/aromatic N) is 3. The van der Waals surface area contributed by atoms with Crippen LogP contribution in [0.4, 0.5) is 13.2 Å². The number of aliphatic hydroxyl groups excluding tert-OH is 2. The first-order valence-electron chi connectivity index (χ1n) is 15.2. The molecular weight excluding hydrogens is 583 g/mol. The van der Waals surface area contributed by atoms with E-state index in [0.29, 0.717) is 24.7 Å². The minimum atomic E-state index is -4.71. The number of β-amino-alcohol motifs (C(OH)–C–C–N with tert-alkyl or cyclic N) is 2. The van der Waals surface area contributed by atoms with E-state index in [2.05, 4.69) is 47.2 Å². The van der Waals surface area contributed by atoms with Crippen LogP contribution in [0.2, 0.25) is 0 Å². The number of nitrogens with one attached hydrogen (secondary N) is 1. The van der Waals surface area contributed by atoms with Crippen molar-refractivity contribution >= 4 is 20.9 Å². The normalized spacial score (nSPS) is 25.6. The zero-order valence-corrected chi connectivity index (χ0v) is 26.4. The summed E-state index contributed by atoms with van der Waals surface area (Å²) in [6.07, 6.45) is 2.19. The molecule has 5 N–H and O–H groups in total. The van der Waals surface area contributed by atoms with E-state index in [9.17, 15) is 31.8 Å². The van der Waals surface area contributed by atoms with Gasteiger partial charge < -0.3 is 15.9 Å². The number of aromatic nitrogens is 1. The number of likely N-dealkylation sites (tertiary alicyclic amines) is 2. The fourth-order valence-electron chi connectivity index (χ4n) is 6.11. The monoisotopic (exact) mass is 631 g/mol. The van der Waals surface area contributed by atoms with Gasteiger partial charge >= 0.3 is 6.18 Å². The molecule has 0 radical (unpaired) electrons. The number of halogens is 3. The summed E-state index contributed by atoms with van der Waals surface area (Å²) >= 11 is 0. The lowest BCUT2D eigenvalue weighted by molar-refractivity contribution is -0.137. The number of hydrogen-bond donors (Lipinski definition) is 4. The highest BCUT2D eigenvalue weighted by Crippen LogP contribution is 2.34. The van der Waals surface area contributed by atoms with Gasteiger partial charge in [0.1, 0.15) is 0 Å². The van der Waals surface area contributed by atoms with E-state index in [0.717, 1.165) is 31.9 Å². The van der Waals surface area contributed by atoms with Crippen LogP contribution in [0.25, 0.3) is 10.9 Å². The first-order chi connectivity index (χ1) is 20.1. The molecule has 0 aliphatic carbocycles. The van der Waals surface area contributed by atoms with Crippen molar-refractivity contribution in [2.75, 3.05) is 26.2 Å². The molecule has 0 saturated carbocycles. The third kappa shape index (κ3) is 9.81. The molecule has 2 aliphatic heterocycles. The molecule has 0 spiro atoms. The maximum atomic E-state index is 13.2. The zero-order chi connectivity index (χ0) is 31.9. The lowest BCUT2D eigenvalue weighted by Gasteiger charge is -2.40. The summed E-state index contributed by atoms with van der Waals surface area (Å²) in [6.45, 7) is 9.70. The van der Waals surface area contributed by atoms with Crippen LogP contribution in [-0.4, -0.2) is 96.0 Å². The Hall–Kier alpha value is -1.87. The lowest BCUT2D eigenvalue weighted by atomic mass is 9.97. The average Bonchev–Trinajstić information content (AvgIpc) is 2.95. The van der Waals surface area contributed by atoms with Crippen LogP contribution < -0.4 is 10.5 Å². The maximum absolute atomic E-state index is 13.2. The molecule has 4 rings (SSSR count). The van der Waals surface area contributed by atoms with Crippen LogP contribution in [0.5, 0.6) is 0 Å². The van der Waals surface area contributed by atoms with Gasteiger partial charge in [-0.3, -0.25) is 14.8 Å². The second kappa shape index (κ2) is 15.4. The average molecular weight is 632 g/mol. The number of hydrogen-bond acceptors (Lipinski definition) is 8. The highest BCUT2D eigenvalue weighted by Gasteiger charge is 2.34. The van der Waals surface area contributed by atoms with Crippen molar-refractivity contribution in [1.82, 2.24) is 19.5 Å². The zero-order valence-electron chi connectivity index (χ0n) is 25.6. The number of nitrogens with two attached hydrogens (primary N) is 1. The number of rotatable bonds is 9. The van der Waals surface area contributed by atoms with Crippen molar-refractivity contribution < 1.29 is 31.8 Å². The molecule has 244 valence electrons. The fourth-order valence-corrected chi connectivity index (χ4v) is 7.43. The summed E-state index contributed by atoms with van der Waals surface area (Å²) in [4.78, 5) is 7.87. The molecule has 0 amide bonds. The summed E-state index contributed by atoms with van der Waals surface area (Å²) in [5, 5.41) is 20.0. The van der Waals surface area contributed by atoms with Gasteiger partial charge in [-0.25, -0.2) is 13.1 Å². The minimum Gasteiger partial charge on any atom is -0.390 e. The van der Waals surface area contributed by atoms with Gasteiger partial charge in [-0.1, -0.05) is 12.8 Å². The van der Waals surface area contributed by atoms with Crippen molar-refractivity contribution in [2.45, 2.75) is 114 Å². The van der Waals surface area contributed by atoms with E-state index in [1.54, 1.807) is 0 Å². The molecule has 2 aromatic rings. The van der Waals surface area contributed by atoms with Crippen molar-refractivity contribution in [2.24, 2.45) is 5.73 Å². The highest BCUT2D eigenvalue weighted by atomic mass is 32.2. The number of pyridine rings is 1. The van der Waals surface area contributed by atoms with Gasteiger partial charge in [0.15, 0.2) is 0 Å². The van der Waals surface area contributed by atoms with Crippen LogP contribution in [0.15, 0.2) is 35.4 Å². The van der Waals surface area contributed by atoms with Gasteiger partial charge in [-0.15, -0.1) is 0 Å². The standard InChI is InChI=1S/C20H26F3N3O3S.C10H22N2O/c1-13-5-3-6-14(2)26(13)12-16(27)11-25-30(28,29)19-10-15(20(21,22)23)9-18-17(19)7-4-8-24-18;1-8-4-3-5-9(2)12(8)7-10(13)6-11/h4,7-10,13-14,16,25,27H,3,5-6,11-12H2,1-2H3;8-10,13H,3-7,11H2,1-2H3/t13-,14+,16-;8-,9+,10-/m00/s1. The third-order valence-corrected chi connectivity index (χ3v) is 10.1. The molecule has 3 heterocycles. The van der Waals surface area contributed by atoms with E-state index in [1.165, 1.54) is 37.6 Å². The second-order valence-corrected chi connectivity index (χ2v) is 13.8. The van der Waals surface area contributed by atoms with Gasteiger partial charge in [0.25, 0.3) is 0 Å². The second-order valence-electron chi connectivity index (χ2n) is 12.1. The smallest absolute Gasteiger partial charge is 0.390 e. The molecule has 0 unspecified atom stereocenters. The Morgan fingerprint density at radius 1 is 0.953 bits per heavy atom. The summed E-state index contributed by atoms with van der Waals surface area (Å²) in [5.74, 6) is 0. The Bertz CT molecular complexity index is 1260. The Labute approximate surface area is 253 Å². The molecule has 2 aliphatic rings. The van der Waals surface area contributed by atoms with E-state index in [4.69, 9.17) is 5.73 Å². The number of sulfonamides is 1. The molecule has 43 heavy (non-hydrogen) atoms. The van der Waals surface area contributed by atoms with Gasteiger partial charge in [0.2, 0.25) is 10.0 Å². The lowest BCUT2D eigenvalue weighted by Crippen LogP contribution is -2.49. The van der Waals surface area contributed by atoms with Crippen molar-refractivity contribution in [1.29, 1.82) is 0 Å². The first kappa shape index (κ1) is 35.6. The third-order valence-electron chi connectivity index (χ3n) is 8.68. The summed E-state index contributed by atoms with van der Waals surface area (Å²) in [5.41, 5.74) is 4.25. The summed E-state index contributed by atoms with van der Waals surface area (Å²) < 4.78 is 67.6. The van der Waals surface area contributed by atoms with E-state index < -0.39 is 32.8 Å². The molecule has 2 saturated heterocycles. The number of aliphatic hydroxyl groups is 2. The molecule has 1 aromatic heterocycles. The Balaban J connectivity index is 0.000000326. The van der Waals surface area contributed by atoms with Gasteiger partial charge in [-0.05, 0) is 77.6 Å². The molecule has 1 aromatic carbocycles. The van der Waals surface area contributed by atoms with Gasteiger partial charge in [0, 0.05) is 61.9 Å². The van der Waals surface area contributed by atoms with Crippen molar-refractivity contribution in [3.05, 3.63) is 36.0 Å². The number of fused-ring (bicyclic) bond motifs is 1. The van der Waals surface area contributed by atoms with Crippen LogP contribution >= 0.6 is 0 Å². The topological polar surface area (TPSA) is 132 Å². The van der Waals surface area contributed by atoms with Crippen LogP contribution in [0, 0.1) is 0 Å². The van der Waals surface area contributed by atoms with Crippen LogP contribution in [-0.2, 0) is 16.2 Å². The molecule has 9 nitrogen and oxygen atoms in total. The molecule has 6 atom stereocenters. The Morgan fingerprint density at radius 3 is 1.95 bits per heavy atom. The maximum Gasteiger partial charge on any atom is 0.416 e. The van der Waals surface area contributed by atoms with Crippen LogP contribution in [0.3, 0.4) is 0 Å². The molecule has 2 fully saturated rings. The number of benzene rings is 1. The molecule has 0 bridgehead atoms. The highest BCUT2D eigenvalue weighted by molar-refractivity contribution is 7.89. The van der Waals surface area contributed by atoms with E-state index in [1.807, 2.05) is 0 Å². The van der Waals surface area contributed by atoms with Gasteiger partial charge in [-0.2, -0.15) is 13.2 Å². The predicted molar refractivity (Wildman–Crippen MR) is 162 cm³/mol. The molecular formula is C30H48F3N5O4S. The van der Waals surface area contributed by atoms with Crippen molar-refractivity contribution in [3.8, 4) is 0 Å². The van der Waals surface area contributed by atoms with Crippen molar-refractivity contribution in [3.63, 3.8) is 0 Å². The Kier molecular flexibility index (Phi) is 12.8. The minimum absolute atomic E-state index is 0.0655. The first-order valence-corrected chi connectivity index (χ1v) is 16.7. The van der Waals surface area contributed by atoms with E-state index >= 15 is 0 Å². The molecule has 13 heteroatoms. The largest absolute Gasteiger partial charge is 0.416 e. The summed E-state index contributed by atoms with van der Waals surface area (Å²) in [7, 11) is -4.30. The predicted octanol–water partition coefficient (Wildman–Crippen LogP) is 3.72. The van der Waals surface area contributed by atoms with Gasteiger partial charge in [0.05, 0.1) is 28.2 Å². The number of alkyl halides is 3. The quantitative estimate of drug-likeness (QED) is 0.329. The Morgan fingerprint density at radius 2 is 1.47 bits per heavy atom. The van der Waals surface area contributed by atoms with E-state index in [-0.39, 0.29) is 42.2 Å². The fraction of sp³-hybridized carbons (Fsp3) is 0.700. The van der Waals surface area contributed by atoms with Crippen LogP contribution in [0.1, 0.15) is 71.8 Å².